The number of nitrogens with zero attached hydrogens (tertiary/aromatic N) is 2. The van der Waals surface area contributed by atoms with Gasteiger partial charge in [-0.2, -0.15) is 0 Å². The van der Waals surface area contributed by atoms with E-state index in [0.29, 0.717) is 11.4 Å². The third-order valence-electron chi connectivity index (χ3n) is 3.90. The fraction of sp³-hybridized carbons (Fsp3) is 0.389. The highest BCUT2D eigenvalue weighted by Crippen LogP contribution is 2.29. The van der Waals surface area contributed by atoms with Gasteiger partial charge in [-0.15, -0.1) is 0 Å². The summed E-state index contributed by atoms with van der Waals surface area (Å²) in [5.41, 5.74) is 0.377. The van der Waals surface area contributed by atoms with E-state index >= 15 is 0 Å². The molecule has 1 aromatic carbocycles. The second-order valence-electron chi connectivity index (χ2n) is 5.80. The first-order valence-electron chi connectivity index (χ1n) is 8.33. The number of methoxy groups -OCH3 is 2. The average molecular weight is 379 g/mol. The van der Waals surface area contributed by atoms with Crippen LogP contribution in [0.2, 0.25) is 0 Å². The maximum absolute atomic E-state index is 12.7. The van der Waals surface area contributed by atoms with E-state index in [9.17, 15) is 8.42 Å². The van der Waals surface area contributed by atoms with E-state index < -0.39 is 10.0 Å². The summed E-state index contributed by atoms with van der Waals surface area (Å²) >= 11 is 0. The highest BCUT2D eigenvalue weighted by molar-refractivity contribution is 7.92. The van der Waals surface area contributed by atoms with E-state index in [0.717, 1.165) is 25.2 Å². The van der Waals surface area contributed by atoms with E-state index in [2.05, 4.69) is 16.6 Å². The van der Waals surface area contributed by atoms with Crippen LogP contribution >= 0.6 is 0 Å². The molecule has 26 heavy (non-hydrogen) atoms. The molecule has 7 nitrogen and oxygen atoms in total. The quantitative estimate of drug-likeness (QED) is 0.721. The first-order valence-corrected chi connectivity index (χ1v) is 9.81. The van der Waals surface area contributed by atoms with Gasteiger partial charge in [-0.25, -0.2) is 13.4 Å². The fourth-order valence-corrected chi connectivity index (χ4v) is 3.61. The smallest absolute Gasteiger partial charge is 0.265 e. The van der Waals surface area contributed by atoms with Crippen molar-refractivity contribution >= 4 is 21.5 Å². The molecule has 0 saturated carbocycles. The van der Waals surface area contributed by atoms with Crippen LogP contribution in [0.25, 0.3) is 0 Å². The summed E-state index contributed by atoms with van der Waals surface area (Å²) in [7, 11) is 1.01. The van der Waals surface area contributed by atoms with E-state index in [1.54, 1.807) is 24.3 Å². The van der Waals surface area contributed by atoms with E-state index in [4.69, 9.17) is 9.47 Å². The summed E-state index contributed by atoms with van der Waals surface area (Å²) in [6, 6.07) is 8.09. The lowest BCUT2D eigenvalue weighted by Crippen LogP contribution is -2.19. The van der Waals surface area contributed by atoms with Crippen molar-refractivity contribution in [2.24, 2.45) is 0 Å². The Kier molecular flexibility index (Phi) is 6.68. The molecule has 0 aliphatic rings. The Morgan fingerprint density at radius 3 is 2.50 bits per heavy atom. The van der Waals surface area contributed by atoms with E-state index in [1.807, 2.05) is 11.9 Å². The number of benzene rings is 1. The molecule has 1 N–H and O–H groups in total. The minimum atomic E-state index is -3.84. The van der Waals surface area contributed by atoms with Crippen molar-refractivity contribution in [3.8, 4) is 11.5 Å². The molecule has 2 rings (SSSR count). The standard InChI is InChI=1S/C18H25N3O4S/c1-5-6-11-21(2)18-10-7-14(13-19-18)20-26(22,23)17-12-15(24-3)8-9-16(17)25-4/h7-10,12-13,20H,5-6,11H2,1-4H3. The Morgan fingerprint density at radius 2 is 1.92 bits per heavy atom. The lowest BCUT2D eigenvalue weighted by Gasteiger charge is -2.18. The van der Waals surface area contributed by atoms with Gasteiger partial charge >= 0.3 is 0 Å². The van der Waals surface area contributed by atoms with Crippen LogP contribution in [0, 0.1) is 0 Å². The first-order chi connectivity index (χ1) is 12.4. The highest BCUT2D eigenvalue weighted by atomic mass is 32.2. The Balaban J connectivity index is 2.22. The largest absolute Gasteiger partial charge is 0.497 e. The Hall–Kier alpha value is -2.48. The van der Waals surface area contributed by atoms with Crippen LogP contribution in [-0.4, -0.2) is 41.2 Å². The van der Waals surface area contributed by atoms with Gasteiger partial charge < -0.3 is 14.4 Å². The van der Waals surface area contributed by atoms with Crippen molar-refractivity contribution in [2.45, 2.75) is 24.7 Å². The average Bonchev–Trinajstić information content (AvgIpc) is 2.65. The van der Waals surface area contributed by atoms with Gasteiger partial charge in [-0.1, -0.05) is 13.3 Å². The van der Waals surface area contributed by atoms with Gasteiger partial charge in [0.1, 0.15) is 22.2 Å². The Morgan fingerprint density at radius 1 is 1.15 bits per heavy atom. The van der Waals surface area contributed by atoms with Crippen molar-refractivity contribution in [1.82, 2.24) is 4.98 Å². The molecule has 142 valence electrons. The van der Waals surface area contributed by atoms with Gasteiger partial charge in [-0.3, -0.25) is 4.72 Å². The molecule has 0 saturated heterocycles. The molecule has 0 fully saturated rings. The number of pyridine rings is 1. The second-order valence-corrected chi connectivity index (χ2v) is 7.45. The minimum absolute atomic E-state index is 0.00323. The summed E-state index contributed by atoms with van der Waals surface area (Å²) in [6.07, 6.45) is 3.68. The molecule has 0 amide bonds. The minimum Gasteiger partial charge on any atom is -0.497 e. The SMILES string of the molecule is CCCCN(C)c1ccc(NS(=O)(=O)c2cc(OC)ccc2OC)cn1. The molecule has 8 heteroatoms. The number of nitrogens with one attached hydrogen (secondary N) is 1. The van der Waals surface area contributed by atoms with E-state index in [-0.39, 0.29) is 10.6 Å². The number of hydrogen-bond donors (Lipinski definition) is 1. The Bertz CT molecular complexity index is 823. The molecule has 0 spiro atoms. The summed E-state index contributed by atoms with van der Waals surface area (Å²) < 4.78 is 38.2. The molecule has 0 atom stereocenters. The van der Waals surface area contributed by atoms with Gasteiger partial charge in [0.2, 0.25) is 0 Å². The Labute approximate surface area is 155 Å². The topological polar surface area (TPSA) is 80.8 Å². The zero-order chi connectivity index (χ0) is 19.2. The zero-order valence-electron chi connectivity index (χ0n) is 15.5. The predicted molar refractivity (Wildman–Crippen MR) is 103 cm³/mol. The van der Waals surface area contributed by atoms with Gasteiger partial charge in [0, 0.05) is 19.7 Å². The van der Waals surface area contributed by atoms with E-state index in [1.165, 1.54) is 26.5 Å². The van der Waals surface area contributed by atoms with Crippen LogP contribution < -0.4 is 19.1 Å². The van der Waals surface area contributed by atoms with Gasteiger partial charge in [0.05, 0.1) is 26.1 Å². The molecule has 0 radical (unpaired) electrons. The van der Waals surface area contributed by atoms with Crippen molar-refractivity contribution in [1.29, 1.82) is 0 Å². The van der Waals surface area contributed by atoms with Crippen LogP contribution in [0.4, 0.5) is 11.5 Å². The molecule has 0 unspecified atom stereocenters. The number of unbranched alkanes of at least 4 members (excludes halogenated alkanes) is 1. The number of sulfonamides is 1. The molecular weight excluding hydrogens is 354 g/mol. The van der Waals surface area contributed by atoms with Crippen LogP contribution in [0.15, 0.2) is 41.4 Å². The molecule has 0 bridgehead atoms. The predicted octanol–water partition coefficient (Wildman–Crippen LogP) is 3.14. The third-order valence-corrected chi connectivity index (χ3v) is 5.30. The molecule has 1 heterocycles. The molecule has 0 aliphatic carbocycles. The van der Waals surface area contributed by atoms with Crippen molar-refractivity contribution in [3.63, 3.8) is 0 Å². The molecule has 0 aliphatic heterocycles. The number of hydrogen-bond acceptors (Lipinski definition) is 6. The first kappa shape index (κ1) is 19.8. The lowest BCUT2D eigenvalue weighted by atomic mass is 10.3. The van der Waals surface area contributed by atoms with Gasteiger partial charge in [-0.05, 0) is 30.7 Å². The van der Waals surface area contributed by atoms with Crippen molar-refractivity contribution in [3.05, 3.63) is 36.5 Å². The summed E-state index contributed by atoms with van der Waals surface area (Å²) in [5, 5.41) is 0. The summed E-state index contributed by atoms with van der Waals surface area (Å²) in [4.78, 5) is 6.37. The van der Waals surface area contributed by atoms with Gasteiger partial charge in [0.25, 0.3) is 10.0 Å². The fourth-order valence-electron chi connectivity index (χ4n) is 2.39. The number of aromatic nitrogens is 1. The third kappa shape index (κ3) is 4.78. The van der Waals surface area contributed by atoms with Gasteiger partial charge in [0.15, 0.2) is 0 Å². The second kappa shape index (κ2) is 8.75. The monoisotopic (exact) mass is 379 g/mol. The van der Waals surface area contributed by atoms with Crippen molar-refractivity contribution in [2.75, 3.05) is 37.4 Å². The maximum Gasteiger partial charge on any atom is 0.265 e. The summed E-state index contributed by atoms with van der Waals surface area (Å²) in [5.74, 6) is 1.46. The van der Waals surface area contributed by atoms with Crippen molar-refractivity contribution < 1.29 is 17.9 Å². The zero-order valence-corrected chi connectivity index (χ0v) is 16.3. The molecule has 2 aromatic rings. The van der Waals surface area contributed by atoms with Crippen LogP contribution in [0.1, 0.15) is 19.8 Å². The highest BCUT2D eigenvalue weighted by Gasteiger charge is 2.21. The summed E-state index contributed by atoms with van der Waals surface area (Å²) in [6.45, 7) is 3.03. The maximum atomic E-state index is 12.7. The van der Waals surface area contributed by atoms with Crippen LogP contribution in [-0.2, 0) is 10.0 Å². The number of rotatable bonds is 9. The number of anilines is 2. The molecular formula is C18H25N3O4S. The number of ether oxygens (including phenoxy) is 2. The lowest BCUT2D eigenvalue weighted by molar-refractivity contribution is 0.392. The van der Waals surface area contributed by atoms with Crippen LogP contribution in [0.5, 0.6) is 11.5 Å². The van der Waals surface area contributed by atoms with Crippen LogP contribution in [0.3, 0.4) is 0 Å². The molecule has 1 aromatic heterocycles. The normalized spacial score (nSPS) is 11.1.